The minimum Gasteiger partial charge on any atom is -0.482 e. The summed E-state index contributed by atoms with van der Waals surface area (Å²) in [5.74, 6) is -0.634. The highest BCUT2D eigenvalue weighted by Crippen LogP contribution is 2.29. The average Bonchev–Trinajstić information content (AvgIpc) is 2.59. The molecular weight excluding hydrogens is 300 g/mol. The summed E-state index contributed by atoms with van der Waals surface area (Å²) in [5, 5.41) is 19.8. The molecule has 0 saturated heterocycles. The molecule has 0 aliphatic heterocycles. The Labute approximate surface area is 131 Å². The third-order valence-corrected chi connectivity index (χ3v) is 3.05. The van der Waals surface area contributed by atoms with E-state index in [2.05, 4.69) is 4.74 Å². The summed E-state index contributed by atoms with van der Waals surface area (Å²) in [6, 6.07) is 12.4. The molecular formula is C16H12N2O5. The fraction of sp³-hybridized carbons (Fsp3) is 0.125. The zero-order valence-corrected chi connectivity index (χ0v) is 12.2. The number of nitrogens with zero attached hydrogens (tertiary/aromatic N) is 2. The molecule has 0 aliphatic carbocycles. The van der Waals surface area contributed by atoms with Crippen molar-refractivity contribution in [2.45, 2.75) is 6.61 Å². The van der Waals surface area contributed by atoms with Crippen LogP contribution in [0.3, 0.4) is 0 Å². The number of carbonyl (C=O) groups excluding carboxylic acids is 1. The maximum atomic E-state index is 11.5. The number of hydrogen-bond donors (Lipinski definition) is 0. The summed E-state index contributed by atoms with van der Waals surface area (Å²) in [6.07, 6.45) is 0. The normalized spacial score (nSPS) is 9.74. The fourth-order valence-electron chi connectivity index (χ4n) is 1.86. The number of carbonyl (C=O) groups is 1. The van der Waals surface area contributed by atoms with Gasteiger partial charge in [-0.25, -0.2) is 4.79 Å². The summed E-state index contributed by atoms with van der Waals surface area (Å²) in [7, 11) is 1.22. The minimum atomic E-state index is -0.608. The lowest BCUT2D eigenvalue weighted by Crippen LogP contribution is -2.04. The quantitative estimate of drug-likeness (QED) is 0.478. The van der Waals surface area contributed by atoms with E-state index >= 15 is 0 Å². The number of hydrogen-bond acceptors (Lipinski definition) is 6. The van der Waals surface area contributed by atoms with Crippen molar-refractivity contribution in [3.8, 4) is 11.8 Å². The van der Waals surface area contributed by atoms with Crippen molar-refractivity contribution in [3.05, 3.63) is 69.3 Å². The summed E-state index contributed by atoms with van der Waals surface area (Å²) < 4.78 is 10.0. The van der Waals surface area contributed by atoms with Gasteiger partial charge in [0, 0.05) is 12.1 Å². The number of rotatable bonds is 5. The number of nitro groups is 1. The Morgan fingerprint density at radius 2 is 1.96 bits per heavy atom. The topological polar surface area (TPSA) is 102 Å². The Kier molecular flexibility index (Phi) is 4.89. The van der Waals surface area contributed by atoms with Crippen molar-refractivity contribution < 1.29 is 19.2 Å². The van der Waals surface area contributed by atoms with Crippen LogP contribution in [0.15, 0.2) is 42.5 Å². The lowest BCUT2D eigenvalue weighted by molar-refractivity contribution is -0.385. The van der Waals surface area contributed by atoms with E-state index < -0.39 is 10.9 Å². The van der Waals surface area contributed by atoms with Crippen molar-refractivity contribution in [1.82, 2.24) is 0 Å². The zero-order valence-electron chi connectivity index (χ0n) is 12.2. The van der Waals surface area contributed by atoms with Crippen LogP contribution in [0.2, 0.25) is 0 Å². The molecule has 0 aliphatic rings. The van der Waals surface area contributed by atoms with Gasteiger partial charge in [-0.1, -0.05) is 12.1 Å². The van der Waals surface area contributed by atoms with Gasteiger partial charge in [-0.15, -0.1) is 0 Å². The Morgan fingerprint density at radius 1 is 1.26 bits per heavy atom. The SMILES string of the molecule is COC(=O)c1ccc([N+](=O)[O-])c(OCc2ccc(C#N)cc2)c1. The summed E-state index contributed by atoms with van der Waals surface area (Å²) in [4.78, 5) is 22.0. The van der Waals surface area contributed by atoms with Gasteiger partial charge in [0.05, 0.1) is 29.2 Å². The predicted molar refractivity (Wildman–Crippen MR) is 79.9 cm³/mol. The van der Waals surface area contributed by atoms with Crippen LogP contribution in [0.5, 0.6) is 5.75 Å². The van der Waals surface area contributed by atoms with Crippen molar-refractivity contribution in [2.24, 2.45) is 0 Å². The van der Waals surface area contributed by atoms with Crippen LogP contribution in [0.25, 0.3) is 0 Å². The second kappa shape index (κ2) is 7.04. The summed E-state index contributed by atoms with van der Waals surface area (Å²) in [6.45, 7) is 0.0666. The molecule has 0 unspecified atom stereocenters. The molecule has 0 radical (unpaired) electrons. The van der Waals surface area contributed by atoms with Crippen molar-refractivity contribution in [1.29, 1.82) is 5.26 Å². The predicted octanol–water partition coefficient (Wildman–Crippen LogP) is 2.83. The molecule has 7 nitrogen and oxygen atoms in total. The number of nitro benzene ring substituents is 1. The molecule has 0 atom stereocenters. The van der Waals surface area contributed by atoms with Gasteiger partial charge >= 0.3 is 11.7 Å². The monoisotopic (exact) mass is 312 g/mol. The molecule has 0 N–H and O–H groups in total. The van der Waals surface area contributed by atoms with Gasteiger partial charge in [0.15, 0.2) is 5.75 Å². The van der Waals surface area contributed by atoms with Gasteiger partial charge in [-0.2, -0.15) is 5.26 Å². The van der Waals surface area contributed by atoms with Crippen LogP contribution >= 0.6 is 0 Å². The maximum Gasteiger partial charge on any atom is 0.337 e. The Hall–Kier alpha value is -3.40. The molecule has 2 rings (SSSR count). The molecule has 2 aromatic rings. The van der Waals surface area contributed by atoms with E-state index in [-0.39, 0.29) is 23.6 Å². The largest absolute Gasteiger partial charge is 0.482 e. The Morgan fingerprint density at radius 3 is 2.52 bits per heavy atom. The average molecular weight is 312 g/mol. The molecule has 7 heteroatoms. The highest BCUT2D eigenvalue weighted by Gasteiger charge is 2.18. The molecule has 116 valence electrons. The van der Waals surface area contributed by atoms with E-state index in [0.29, 0.717) is 5.56 Å². The van der Waals surface area contributed by atoms with Gasteiger partial charge in [-0.3, -0.25) is 10.1 Å². The van der Waals surface area contributed by atoms with E-state index in [0.717, 1.165) is 5.56 Å². The summed E-state index contributed by atoms with van der Waals surface area (Å²) in [5.41, 5.74) is 1.16. The lowest BCUT2D eigenvalue weighted by Gasteiger charge is -2.08. The maximum absolute atomic E-state index is 11.5. The van der Waals surface area contributed by atoms with Crippen LogP contribution in [-0.4, -0.2) is 18.0 Å². The third kappa shape index (κ3) is 3.83. The van der Waals surface area contributed by atoms with E-state index in [1.54, 1.807) is 24.3 Å². The van der Waals surface area contributed by atoms with Gasteiger partial charge in [-0.05, 0) is 23.8 Å². The molecule has 0 amide bonds. The highest BCUT2D eigenvalue weighted by atomic mass is 16.6. The van der Waals surface area contributed by atoms with Gasteiger partial charge in [0.25, 0.3) is 0 Å². The van der Waals surface area contributed by atoms with Gasteiger partial charge in [0.1, 0.15) is 6.61 Å². The standard InChI is InChI=1S/C16H12N2O5/c1-22-16(19)13-6-7-14(18(20)21)15(8-13)23-10-12-4-2-11(9-17)3-5-12/h2-8H,10H2,1H3. The molecule has 0 bridgehead atoms. The third-order valence-electron chi connectivity index (χ3n) is 3.05. The molecule has 0 saturated carbocycles. The number of nitriles is 1. The highest BCUT2D eigenvalue weighted by molar-refractivity contribution is 5.90. The first-order chi connectivity index (χ1) is 11.0. The van der Waals surface area contributed by atoms with Crippen LogP contribution in [0.1, 0.15) is 21.5 Å². The van der Waals surface area contributed by atoms with E-state index in [4.69, 9.17) is 10.00 Å². The number of ether oxygens (including phenoxy) is 2. The minimum absolute atomic E-state index is 0.0257. The first kappa shape index (κ1) is 16.0. The van der Waals surface area contributed by atoms with Crippen molar-refractivity contribution in [2.75, 3.05) is 7.11 Å². The molecule has 0 fully saturated rings. The fourth-order valence-corrected chi connectivity index (χ4v) is 1.86. The van der Waals surface area contributed by atoms with Crippen molar-refractivity contribution in [3.63, 3.8) is 0 Å². The van der Waals surface area contributed by atoms with E-state index in [9.17, 15) is 14.9 Å². The second-order valence-corrected chi connectivity index (χ2v) is 4.53. The Balaban J connectivity index is 2.23. The lowest BCUT2D eigenvalue weighted by atomic mass is 10.1. The van der Waals surface area contributed by atoms with Crippen LogP contribution in [-0.2, 0) is 11.3 Å². The van der Waals surface area contributed by atoms with Crippen LogP contribution in [0.4, 0.5) is 5.69 Å². The van der Waals surface area contributed by atoms with Gasteiger partial charge < -0.3 is 9.47 Å². The van der Waals surface area contributed by atoms with Crippen LogP contribution in [0, 0.1) is 21.4 Å². The molecule has 0 heterocycles. The van der Waals surface area contributed by atoms with Crippen molar-refractivity contribution >= 4 is 11.7 Å². The zero-order chi connectivity index (χ0) is 16.8. The number of benzene rings is 2. The number of methoxy groups -OCH3 is 1. The number of esters is 1. The first-order valence-corrected chi connectivity index (χ1v) is 6.53. The second-order valence-electron chi connectivity index (χ2n) is 4.53. The smallest absolute Gasteiger partial charge is 0.337 e. The molecule has 2 aromatic carbocycles. The van der Waals surface area contributed by atoms with Crippen LogP contribution < -0.4 is 4.74 Å². The van der Waals surface area contributed by atoms with E-state index in [1.165, 1.54) is 25.3 Å². The molecule has 0 aromatic heterocycles. The van der Waals surface area contributed by atoms with E-state index in [1.807, 2.05) is 6.07 Å². The summed E-state index contributed by atoms with van der Waals surface area (Å²) >= 11 is 0. The molecule has 23 heavy (non-hydrogen) atoms. The first-order valence-electron chi connectivity index (χ1n) is 6.53. The molecule has 0 spiro atoms. The Bertz CT molecular complexity index is 778. The van der Waals surface area contributed by atoms with Gasteiger partial charge in [0.2, 0.25) is 0 Å².